The van der Waals surface area contributed by atoms with E-state index < -0.39 is 12.1 Å². The lowest BCUT2D eigenvalue weighted by atomic mass is 10.0. The lowest BCUT2D eigenvalue weighted by Crippen LogP contribution is -2.31. The Bertz CT molecular complexity index is 559. The van der Waals surface area contributed by atoms with Crippen LogP contribution in [0.5, 0.6) is 0 Å². The van der Waals surface area contributed by atoms with Gasteiger partial charge in [0, 0.05) is 19.0 Å². The molecule has 150 valence electrons. The number of hydrogen-bond acceptors (Lipinski definition) is 5. The fraction of sp³-hybridized carbons (Fsp3) is 0.812. The second kappa shape index (κ2) is 10.5. The standard InChI is InChI=1S/C14H26N4O.C2HF3O2/c1-4-12(5-2)6-15-7-13-8-18-14(10-19-9-13)11(3)16-17-18;3-2(4,5)1(6)7/h12-13,15H,4-10H2,1-3H3;(H,6,7). The average Bonchev–Trinajstić information content (AvgIpc) is 2.80. The van der Waals surface area contributed by atoms with Gasteiger partial charge >= 0.3 is 12.1 Å². The van der Waals surface area contributed by atoms with Crippen molar-refractivity contribution in [1.82, 2.24) is 20.3 Å². The van der Waals surface area contributed by atoms with Crippen molar-refractivity contribution in [3.05, 3.63) is 11.4 Å². The van der Waals surface area contributed by atoms with E-state index in [-0.39, 0.29) is 0 Å². The molecule has 2 rings (SSSR count). The number of rotatable bonds is 6. The molecule has 0 saturated heterocycles. The molecular weight excluding hydrogens is 353 g/mol. The number of hydrogen-bond donors (Lipinski definition) is 2. The summed E-state index contributed by atoms with van der Waals surface area (Å²) in [6.07, 6.45) is -2.59. The van der Waals surface area contributed by atoms with Crippen LogP contribution in [0.3, 0.4) is 0 Å². The first-order valence-electron chi connectivity index (χ1n) is 8.66. The van der Waals surface area contributed by atoms with E-state index in [1.54, 1.807) is 0 Å². The second-order valence-corrected chi connectivity index (χ2v) is 6.33. The Morgan fingerprint density at radius 3 is 2.58 bits per heavy atom. The van der Waals surface area contributed by atoms with Crippen molar-refractivity contribution < 1.29 is 27.8 Å². The van der Waals surface area contributed by atoms with E-state index in [9.17, 15) is 13.2 Å². The maximum absolute atomic E-state index is 10.6. The molecule has 1 aromatic heterocycles. The molecule has 2 heterocycles. The quantitative estimate of drug-likeness (QED) is 0.788. The molecule has 1 aliphatic heterocycles. The number of carboxylic acids is 1. The van der Waals surface area contributed by atoms with Gasteiger partial charge in [-0.15, -0.1) is 5.10 Å². The minimum atomic E-state index is -5.08. The molecule has 0 saturated carbocycles. The predicted octanol–water partition coefficient (Wildman–Crippen LogP) is 2.39. The highest BCUT2D eigenvalue weighted by Gasteiger charge is 2.38. The Morgan fingerprint density at radius 1 is 1.42 bits per heavy atom. The number of aryl methyl sites for hydroxylation is 1. The Labute approximate surface area is 150 Å². The molecule has 1 atom stereocenters. The van der Waals surface area contributed by atoms with E-state index >= 15 is 0 Å². The van der Waals surface area contributed by atoms with Gasteiger partial charge in [-0.2, -0.15) is 13.2 Å². The summed E-state index contributed by atoms with van der Waals surface area (Å²) >= 11 is 0. The number of ether oxygens (including phenoxy) is 1. The molecular formula is C16H27F3N4O3. The van der Waals surface area contributed by atoms with Gasteiger partial charge in [0.15, 0.2) is 0 Å². The Balaban J connectivity index is 0.000000412. The summed E-state index contributed by atoms with van der Waals surface area (Å²) in [5.41, 5.74) is 2.12. The third-order valence-corrected chi connectivity index (χ3v) is 4.32. The van der Waals surface area contributed by atoms with Crippen LogP contribution in [-0.2, 0) is 22.7 Å². The Hall–Kier alpha value is -1.68. The van der Waals surface area contributed by atoms with Crippen LogP contribution in [0.15, 0.2) is 0 Å². The number of aromatic nitrogens is 3. The first kappa shape index (κ1) is 22.4. The lowest BCUT2D eigenvalue weighted by Gasteiger charge is -2.18. The number of alkyl halides is 3. The molecule has 0 aromatic carbocycles. The lowest BCUT2D eigenvalue weighted by molar-refractivity contribution is -0.192. The zero-order valence-corrected chi connectivity index (χ0v) is 15.3. The normalized spacial score (nSPS) is 17.3. The largest absolute Gasteiger partial charge is 0.490 e. The van der Waals surface area contributed by atoms with Crippen LogP contribution in [-0.4, -0.2) is 51.9 Å². The van der Waals surface area contributed by atoms with Crippen LogP contribution in [0.25, 0.3) is 0 Å². The number of aliphatic carboxylic acids is 1. The monoisotopic (exact) mass is 380 g/mol. The van der Waals surface area contributed by atoms with Gasteiger partial charge in [0.1, 0.15) is 0 Å². The molecule has 0 spiro atoms. The van der Waals surface area contributed by atoms with Gasteiger partial charge in [-0.1, -0.05) is 31.9 Å². The number of fused-ring (bicyclic) bond motifs is 1. The maximum Gasteiger partial charge on any atom is 0.490 e. The molecule has 2 N–H and O–H groups in total. The number of carboxylic acid groups (broad SMARTS) is 1. The van der Waals surface area contributed by atoms with Crippen LogP contribution in [0, 0.1) is 18.8 Å². The topological polar surface area (TPSA) is 89.3 Å². The van der Waals surface area contributed by atoms with E-state index in [1.165, 1.54) is 12.8 Å². The highest BCUT2D eigenvalue weighted by molar-refractivity contribution is 5.73. The first-order valence-corrected chi connectivity index (χ1v) is 8.66. The molecule has 1 aromatic rings. The van der Waals surface area contributed by atoms with Gasteiger partial charge in [0.05, 0.1) is 24.6 Å². The molecule has 7 nitrogen and oxygen atoms in total. The van der Waals surface area contributed by atoms with E-state index in [0.29, 0.717) is 12.5 Å². The molecule has 26 heavy (non-hydrogen) atoms. The van der Waals surface area contributed by atoms with Crippen LogP contribution in [0.2, 0.25) is 0 Å². The number of halogens is 3. The Kier molecular flexibility index (Phi) is 9.00. The summed E-state index contributed by atoms with van der Waals surface area (Å²) in [6.45, 7) is 11.0. The van der Waals surface area contributed by atoms with Crippen molar-refractivity contribution in [1.29, 1.82) is 0 Å². The third-order valence-electron chi connectivity index (χ3n) is 4.32. The highest BCUT2D eigenvalue weighted by Crippen LogP contribution is 2.15. The van der Waals surface area contributed by atoms with Gasteiger partial charge in [-0.3, -0.25) is 0 Å². The number of nitrogens with one attached hydrogen (secondary N) is 1. The van der Waals surface area contributed by atoms with Crippen LogP contribution in [0.1, 0.15) is 38.1 Å². The van der Waals surface area contributed by atoms with Gasteiger partial charge < -0.3 is 15.2 Å². The van der Waals surface area contributed by atoms with Gasteiger partial charge in [-0.05, 0) is 19.4 Å². The average molecular weight is 380 g/mol. The summed E-state index contributed by atoms with van der Waals surface area (Å²) < 4.78 is 39.5. The smallest absolute Gasteiger partial charge is 0.475 e. The van der Waals surface area contributed by atoms with Crippen LogP contribution in [0.4, 0.5) is 13.2 Å². The van der Waals surface area contributed by atoms with E-state index in [0.717, 1.165) is 43.5 Å². The van der Waals surface area contributed by atoms with E-state index in [2.05, 4.69) is 29.5 Å². The summed E-state index contributed by atoms with van der Waals surface area (Å²) in [5.74, 6) is -1.49. The first-order chi connectivity index (χ1) is 12.2. The molecule has 1 unspecified atom stereocenters. The van der Waals surface area contributed by atoms with Crippen LogP contribution < -0.4 is 5.32 Å². The molecule has 10 heteroatoms. The number of nitrogens with zero attached hydrogens (tertiary/aromatic N) is 3. The number of carbonyl (C=O) groups is 1. The molecule has 0 bridgehead atoms. The van der Waals surface area contributed by atoms with Crippen molar-refractivity contribution in [2.45, 2.75) is 52.9 Å². The summed E-state index contributed by atoms with van der Waals surface area (Å²) in [5, 5.41) is 19.0. The van der Waals surface area contributed by atoms with Crippen molar-refractivity contribution in [2.24, 2.45) is 11.8 Å². The van der Waals surface area contributed by atoms with Gasteiger partial charge in [0.25, 0.3) is 0 Å². The fourth-order valence-corrected chi connectivity index (χ4v) is 2.56. The molecule has 1 aliphatic rings. The highest BCUT2D eigenvalue weighted by atomic mass is 19.4. The van der Waals surface area contributed by atoms with E-state index in [4.69, 9.17) is 14.6 Å². The van der Waals surface area contributed by atoms with Gasteiger partial charge in [0.2, 0.25) is 0 Å². The summed E-state index contributed by atoms with van der Waals surface area (Å²) in [7, 11) is 0. The molecule has 0 fully saturated rings. The Morgan fingerprint density at radius 2 is 2.04 bits per heavy atom. The van der Waals surface area contributed by atoms with Crippen molar-refractivity contribution in [2.75, 3.05) is 19.7 Å². The minimum absolute atomic E-state index is 0.483. The molecule has 0 aliphatic carbocycles. The summed E-state index contributed by atoms with van der Waals surface area (Å²) in [6, 6.07) is 0. The van der Waals surface area contributed by atoms with Crippen molar-refractivity contribution >= 4 is 5.97 Å². The van der Waals surface area contributed by atoms with Crippen LogP contribution >= 0.6 is 0 Å². The van der Waals surface area contributed by atoms with Crippen molar-refractivity contribution in [3.8, 4) is 0 Å². The maximum atomic E-state index is 10.6. The SMILES string of the molecule is CCC(CC)CNCC1COCc2c(C)nnn2C1.O=C(O)C(F)(F)F. The van der Waals surface area contributed by atoms with Gasteiger partial charge in [-0.25, -0.2) is 9.48 Å². The zero-order chi connectivity index (χ0) is 19.7. The molecule has 0 amide bonds. The fourth-order valence-electron chi connectivity index (χ4n) is 2.56. The zero-order valence-electron chi connectivity index (χ0n) is 15.3. The van der Waals surface area contributed by atoms with E-state index in [1.807, 2.05) is 11.6 Å². The predicted molar refractivity (Wildman–Crippen MR) is 88.5 cm³/mol. The molecule has 0 radical (unpaired) electrons. The summed E-state index contributed by atoms with van der Waals surface area (Å²) in [4.78, 5) is 8.90. The third kappa shape index (κ3) is 7.28. The minimum Gasteiger partial charge on any atom is -0.475 e. The van der Waals surface area contributed by atoms with Crippen molar-refractivity contribution in [3.63, 3.8) is 0 Å². The second-order valence-electron chi connectivity index (χ2n) is 6.33.